The van der Waals surface area contributed by atoms with E-state index in [2.05, 4.69) is 5.32 Å². The lowest BCUT2D eigenvalue weighted by Gasteiger charge is -2.07. The van der Waals surface area contributed by atoms with E-state index in [1.807, 2.05) is 30.3 Å². The van der Waals surface area contributed by atoms with Crippen LogP contribution in [0.25, 0.3) is 0 Å². The maximum absolute atomic E-state index is 11.8. The Hall–Kier alpha value is -2.62. The molecule has 2 aromatic carbocycles. The number of rotatable bonds is 7. The highest BCUT2D eigenvalue weighted by Crippen LogP contribution is 2.15. The molecule has 0 unspecified atom stereocenters. The van der Waals surface area contributed by atoms with Gasteiger partial charge in [-0.2, -0.15) is 0 Å². The molecular weight excluding hydrogens is 254 g/mol. The summed E-state index contributed by atoms with van der Waals surface area (Å²) in [7, 11) is 0. The molecular formula is C16H15NO3. The van der Waals surface area contributed by atoms with Crippen LogP contribution in [0.4, 0.5) is 0 Å². The third-order valence-electron chi connectivity index (χ3n) is 2.75. The van der Waals surface area contributed by atoms with Crippen molar-refractivity contribution in [2.45, 2.75) is 6.61 Å². The molecule has 0 atom stereocenters. The molecule has 0 radical (unpaired) electrons. The van der Waals surface area contributed by atoms with Gasteiger partial charge in [0.2, 0.25) is 6.41 Å². The largest absolute Gasteiger partial charge is 0.489 e. The van der Waals surface area contributed by atoms with E-state index >= 15 is 0 Å². The van der Waals surface area contributed by atoms with Crippen molar-refractivity contribution >= 4 is 12.2 Å². The van der Waals surface area contributed by atoms with Crippen molar-refractivity contribution in [2.75, 3.05) is 6.54 Å². The summed E-state index contributed by atoms with van der Waals surface area (Å²) >= 11 is 0. The Morgan fingerprint density at radius 1 is 1.10 bits per heavy atom. The SMILES string of the molecule is O=CNCC(=O)c1cccc(OCc2ccccc2)c1. The fourth-order valence-corrected chi connectivity index (χ4v) is 1.74. The Balaban J connectivity index is 1.99. The van der Waals surface area contributed by atoms with Crippen molar-refractivity contribution in [2.24, 2.45) is 0 Å². The maximum Gasteiger partial charge on any atom is 0.207 e. The number of nitrogens with one attached hydrogen (secondary N) is 1. The van der Waals surface area contributed by atoms with Crippen LogP contribution in [0.3, 0.4) is 0 Å². The second kappa shape index (κ2) is 7.09. The molecule has 0 saturated heterocycles. The molecule has 0 aliphatic rings. The first kappa shape index (κ1) is 13.8. The van der Waals surface area contributed by atoms with Crippen LogP contribution in [0, 0.1) is 0 Å². The number of ether oxygens (including phenoxy) is 1. The Labute approximate surface area is 117 Å². The van der Waals surface area contributed by atoms with Crippen LogP contribution in [0.1, 0.15) is 15.9 Å². The first-order valence-electron chi connectivity index (χ1n) is 6.26. The molecule has 0 aliphatic heterocycles. The molecule has 20 heavy (non-hydrogen) atoms. The average Bonchev–Trinajstić information content (AvgIpc) is 2.52. The third-order valence-corrected chi connectivity index (χ3v) is 2.75. The zero-order valence-corrected chi connectivity index (χ0v) is 10.9. The molecule has 4 heteroatoms. The molecule has 0 saturated carbocycles. The van der Waals surface area contributed by atoms with Gasteiger partial charge in [0.25, 0.3) is 0 Å². The summed E-state index contributed by atoms with van der Waals surface area (Å²) in [6, 6.07) is 16.7. The highest BCUT2D eigenvalue weighted by atomic mass is 16.5. The summed E-state index contributed by atoms with van der Waals surface area (Å²) < 4.78 is 5.65. The lowest BCUT2D eigenvalue weighted by molar-refractivity contribution is -0.109. The molecule has 2 aromatic rings. The number of hydrogen-bond donors (Lipinski definition) is 1. The van der Waals surface area contributed by atoms with Gasteiger partial charge in [0.05, 0.1) is 6.54 Å². The van der Waals surface area contributed by atoms with Gasteiger partial charge in [-0.1, -0.05) is 42.5 Å². The Bertz CT molecular complexity index is 581. The van der Waals surface area contributed by atoms with Gasteiger partial charge in [-0.25, -0.2) is 0 Å². The van der Waals surface area contributed by atoms with Crippen molar-refractivity contribution in [1.29, 1.82) is 0 Å². The molecule has 0 spiro atoms. The monoisotopic (exact) mass is 269 g/mol. The van der Waals surface area contributed by atoms with Crippen molar-refractivity contribution in [3.63, 3.8) is 0 Å². The maximum atomic E-state index is 11.8. The number of amides is 1. The zero-order chi connectivity index (χ0) is 14.2. The molecule has 1 N–H and O–H groups in total. The minimum absolute atomic E-state index is 0.00830. The van der Waals surface area contributed by atoms with Crippen LogP contribution in [0.2, 0.25) is 0 Å². The van der Waals surface area contributed by atoms with E-state index in [0.717, 1.165) is 5.56 Å². The van der Waals surface area contributed by atoms with E-state index in [4.69, 9.17) is 4.74 Å². The normalized spacial score (nSPS) is 9.80. The molecule has 4 nitrogen and oxygen atoms in total. The van der Waals surface area contributed by atoms with Gasteiger partial charge in [0.1, 0.15) is 12.4 Å². The quantitative estimate of drug-likeness (QED) is 0.619. The zero-order valence-electron chi connectivity index (χ0n) is 10.9. The molecule has 0 aromatic heterocycles. The van der Waals surface area contributed by atoms with E-state index in [1.165, 1.54) is 0 Å². The van der Waals surface area contributed by atoms with Crippen molar-refractivity contribution in [1.82, 2.24) is 5.32 Å². The first-order valence-corrected chi connectivity index (χ1v) is 6.26. The van der Waals surface area contributed by atoms with Gasteiger partial charge in [0.15, 0.2) is 5.78 Å². The highest BCUT2D eigenvalue weighted by Gasteiger charge is 2.06. The Kier molecular flexibility index (Phi) is 4.89. The van der Waals surface area contributed by atoms with Crippen molar-refractivity contribution < 1.29 is 14.3 Å². The van der Waals surface area contributed by atoms with Crippen LogP contribution in [0.5, 0.6) is 5.75 Å². The van der Waals surface area contributed by atoms with Crippen LogP contribution in [-0.4, -0.2) is 18.7 Å². The Morgan fingerprint density at radius 2 is 1.90 bits per heavy atom. The van der Waals surface area contributed by atoms with Crippen LogP contribution >= 0.6 is 0 Å². The molecule has 0 heterocycles. The second-order valence-electron chi connectivity index (χ2n) is 4.22. The molecule has 102 valence electrons. The number of carbonyl (C=O) groups excluding carboxylic acids is 2. The molecule has 1 amide bonds. The third kappa shape index (κ3) is 3.95. The van der Waals surface area contributed by atoms with E-state index < -0.39 is 0 Å². The Morgan fingerprint density at radius 3 is 2.65 bits per heavy atom. The van der Waals surface area contributed by atoms with Gasteiger partial charge < -0.3 is 10.1 Å². The number of Topliss-reactive ketones (excluding diaryl/α,β-unsaturated/α-hetero) is 1. The summed E-state index contributed by atoms with van der Waals surface area (Å²) in [6.07, 6.45) is 0.508. The predicted octanol–water partition coefficient (Wildman–Crippen LogP) is 2.19. The topological polar surface area (TPSA) is 55.4 Å². The van der Waals surface area contributed by atoms with Gasteiger partial charge in [0, 0.05) is 5.56 Å². The smallest absolute Gasteiger partial charge is 0.207 e. The molecule has 0 fully saturated rings. The standard InChI is InChI=1S/C16H15NO3/c18-12-17-10-16(19)14-7-4-8-15(9-14)20-11-13-5-2-1-3-6-13/h1-9,12H,10-11H2,(H,17,18). The van der Waals surface area contributed by atoms with Crippen LogP contribution < -0.4 is 10.1 Å². The number of hydrogen-bond acceptors (Lipinski definition) is 3. The summed E-state index contributed by atoms with van der Waals surface area (Å²) in [5.41, 5.74) is 1.58. The van der Waals surface area contributed by atoms with Crippen LogP contribution in [0.15, 0.2) is 54.6 Å². The van der Waals surface area contributed by atoms with Gasteiger partial charge in [-0.05, 0) is 17.7 Å². The second-order valence-corrected chi connectivity index (χ2v) is 4.22. The number of ketones is 1. The summed E-state index contributed by atoms with van der Waals surface area (Å²) in [5, 5.41) is 2.35. The van der Waals surface area contributed by atoms with E-state index in [1.54, 1.807) is 24.3 Å². The molecule has 0 aliphatic carbocycles. The van der Waals surface area contributed by atoms with Gasteiger partial charge in [-0.15, -0.1) is 0 Å². The van der Waals surface area contributed by atoms with Crippen molar-refractivity contribution in [3.05, 3.63) is 65.7 Å². The van der Waals surface area contributed by atoms with E-state index in [-0.39, 0.29) is 12.3 Å². The summed E-state index contributed by atoms with van der Waals surface area (Å²) in [6.45, 7) is 0.441. The van der Waals surface area contributed by atoms with E-state index in [0.29, 0.717) is 24.3 Å². The lowest BCUT2D eigenvalue weighted by Crippen LogP contribution is -2.21. The summed E-state index contributed by atoms with van der Waals surface area (Å²) in [4.78, 5) is 21.9. The predicted molar refractivity (Wildman–Crippen MR) is 75.6 cm³/mol. The minimum atomic E-state index is -0.151. The van der Waals surface area contributed by atoms with Gasteiger partial charge >= 0.3 is 0 Å². The lowest BCUT2D eigenvalue weighted by atomic mass is 10.1. The van der Waals surface area contributed by atoms with Crippen LogP contribution in [-0.2, 0) is 11.4 Å². The summed E-state index contributed by atoms with van der Waals surface area (Å²) in [5.74, 6) is 0.480. The van der Waals surface area contributed by atoms with Gasteiger partial charge in [-0.3, -0.25) is 9.59 Å². The molecule has 2 rings (SSSR count). The fourth-order valence-electron chi connectivity index (χ4n) is 1.74. The first-order chi connectivity index (χ1) is 9.79. The van der Waals surface area contributed by atoms with Crippen molar-refractivity contribution in [3.8, 4) is 5.75 Å². The number of benzene rings is 2. The molecule has 0 bridgehead atoms. The highest BCUT2D eigenvalue weighted by molar-refractivity contribution is 5.98. The fraction of sp³-hybridized carbons (Fsp3) is 0.125. The number of carbonyl (C=O) groups is 2. The van der Waals surface area contributed by atoms with E-state index in [9.17, 15) is 9.59 Å². The minimum Gasteiger partial charge on any atom is -0.489 e. The average molecular weight is 269 g/mol.